The third-order valence-electron chi connectivity index (χ3n) is 4.19. The third-order valence-corrected chi connectivity index (χ3v) is 5.77. The Morgan fingerprint density at radius 1 is 0.947 bits per heavy atom. The molecule has 112 valence electrons. The van der Waals surface area contributed by atoms with Crippen LogP contribution in [0.4, 0.5) is 0 Å². The molecule has 0 unspecified atom stereocenters. The van der Waals surface area contributed by atoms with Gasteiger partial charge in [0.25, 0.3) is 10.2 Å². The number of likely N-dealkylation sites (N-methyl/N-ethyl adjacent to an activating group) is 1. The number of likely N-dealkylation sites (tertiary alicyclic amines) is 1. The lowest BCUT2D eigenvalue weighted by Crippen LogP contribution is -2.51. The predicted octanol–water partition coefficient (Wildman–Crippen LogP) is -0.590. The number of hydrogen-bond donors (Lipinski definition) is 1. The van der Waals surface area contributed by atoms with Crippen LogP contribution >= 0.6 is 0 Å². The Morgan fingerprint density at radius 3 is 2.05 bits per heavy atom. The average Bonchev–Trinajstić information content (AvgIpc) is 2.39. The summed E-state index contributed by atoms with van der Waals surface area (Å²) in [6, 6.07) is 0. The van der Waals surface area contributed by atoms with Gasteiger partial charge in [-0.15, -0.1) is 0 Å². The van der Waals surface area contributed by atoms with E-state index in [1.807, 2.05) is 7.05 Å². The lowest BCUT2D eigenvalue weighted by Gasteiger charge is -2.33. The Morgan fingerprint density at radius 2 is 1.47 bits per heavy atom. The summed E-state index contributed by atoms with van der Waals surface area (Å²) >= 11 is 0. The number of piperazine rings is 1. The zero-order valence-electron chi connectivity index (χ0n) is 12.0. The fraction of sp³-hybridized carbons (Fsp3) is 1.00. The molecule has 6 nitrogen and oxygen atoms in total. The van der Waals surface area contributed by atoms with Crippen LogP contribution in [0.3, 0.4) is 0 Å². The first-order valence-electron chi connectivity index (χ1n) is 7.09. The Balaban J connectivity index is 1.78. The lowest BCUT2D eigenvalue weighted by atomic mass is 9.98. The maximum Gasteiger partial charge on any atom is 0.279 e. The summed E-state index contributed by atoms with van der Waals surface area (Å²) in [4.78, 5) is 4.45. The van der Waals surface area contributed by atoms with E-state index in [1.165, 1.54) is 0 Å². The highest BCUT2D eigenvalue weighted by Gasteiger charge is 2.26. The topological polar surface area (TPSA) is 55.9 Å². The minimum absolute atomic E-state index is 0.485. The van der Waals surface area contributed by atoms with Crippen molar-refractivity contribution in [1.29, 1.82) is 0 Å². The van der Waals surface area contributed by atoms with Crippen molar-refractivity contribution in [2.24, 2.45) is 5.92 Å². The molecule has 0 amide bonds. The molecule has 0 bridgehead atoms. The summed E-state index contributed by atoms with van der Waals surface area (Å²) in [6.07, 6.45) is 2.17. The molecule has 0 aromatic rings. The van der Waals surface area contributed by atoms with Crippen molar-refractivity contribution in [3.63, 3.8) is 0 Å². The standard InChI is InChI=1S/C12H26N4O2S/c1-14-5-3-12(4-6-14)11-13-19(17,18)16-9-7-15(2)8-10-16/h12-13H,3-11H2,1-2H3. The van der Waals surface area contributed by atoms with E-state index in [0.29, 0.717) is 25.6 Å². The number of nitrogens with zero attached hydrogens (tertiary/aromatic N) is 3. The van der Waals surface area contributed by atoms with Gasteiger partial charge >= 0.3 is 0 Å². The zero-order valence-corrected chi connectivity index (χ0v) is 12.8. The summed E-state index contributed by atoms with van der Waals surface area (Å²) in [6.45, 7) is 5.55. The molecule has 1 N–H and O–H groups in total. The summed E-state index contributed by atoms with van der Waals surface area (Å²) in [7, 11) is 0.863. The normalized spacial score (nSPS) is 25.8. The second-order valence-electron chi connectivity index (χ2n) is 5.80. The molecule has 2 saturated heterocycles. The molecule has 19 heavy (non-hydrogen) atoms. The molecule has 2 aliphatic heterocycles. The Labute approximate surface area is 116 Å². The largest absolute Gasteiger partial charge is 0.306 e. The second-order valence-corrected chi connectivity index (χ2v) is 7.56. The van der Waals surface area contributed by atoms with Crippen molar-refractivity contribution in [3.05, 3.63) is 0 Å². The fourth-order valence-electron chi connectivity index (χ4n) is 2.61. The molecule has 2 rings (SSSR count). The average molecular weight is 290 g/mol. The van der Waals surface area contributed by atoms with E-state index in [-0.39, 0.29) is 0 Å². The van der Waals surface area contributed by atoms with Crippen molar-refractivity contribution in [3.8, 4) is 0 Å². The molecule has 0 saturated carbocycles. The Hall–Kier alpha value is -0.210. The molecule has 2 heterocycles. The molecule has 0 atom stereocenters. The first kappa shape index (κ1) is 15.2. The third kappa shape index (κ3) is 4.39. The van der Waals surface area contributed by atoms with Gasteiger partial charge in [0.2, 0.25) is 0 Å². The van der Waals surface area contributed by atoms with Crippen LogP contribution < -0.4 is 4.72 Å². The summed E-state index contributed by atoms with van der Waals surface area (Å²) in [5.74, 6) is 0.485. The van der Waals surface area contributed by atoms with E-state index in [4.69, 9.17) is 0 Å². The van der Waals surface area contributed by atoms with E-state index < -0.39 is 10.2 Å². The van der Waals surface area contributed by atoms with Gasteiger partial charge in [-0.05, 0) is 45.9 Å². The highest BCUT2D eigenvalue weighted by atomic mass is 32.2. The number of nitrogens with one attached hydrogen (secondary N) is 1. The Kier molecular flexibility index (Phi) is 5.19. The zero-order chi connectivity index (χ0) is 13.9. The van der Waals surface area contributed by atoms with Crippen LogP contribution in [-0.4, -0.2) is 82.4 Å². The van der Waals surface area contributed by atoms with E-state index in [2.05, 4.69) is 21.6 Å². The molecule has 7 heteroatoms. The van der Waals surface area contributed by atoms with Crippen molar-refractivity contribution in [2.75, 3.05) is 59.9 Å². The molecular weight excluding hydrogens is 264 g/mol. The summed E-state index contributed by atoms with van der Waals surface area (Å²) in [5, 5.41) is 0. The highest BCUT2D eigenvalue weighted by Crippen LogP contribution is 2.15. The first-order valence-corrected chi connectivity index (χ1v) is 8.53. The van der Waals surface area contributed by atoms with Gasteiger partial charge in [0.05, 0.1) is 0 Å². The fourth-order valence-corrected chi connectivity index (χ4v) is 3.88. The van der Waals surface area contributed by atoms with Gasteiger partial charge in [0.15, 0.2) is 0 Å². The number of piperidine rings is 1. The van der Waals surface area contributed by atoms with E-state index in [1.54, 1.807) is 4.31 Å². The molecule has 0 radical (unpaired) electrons. The van der Waals surface area contributed by atoms with Gasteiger partial charge in [-0.1, -0.05) is 0 Å². The second kappa shape index (κ2) is 6.49. The van der Waals surface area contributed by atoms with Crippen LogP contribution in [0.25, 0.3) is 0 Å². The van der Waals surface area contributed by atoms with Gasteiger partial charge in [0.1, 0.15) is 0 Å². The quantitative estimate of drug-likeness (QED) is 0.752. The maximum atomic E-state index is 12.2. The van der Waals surface area contributed by atoms with E-state index >= 15 is 0 Å². The van der Waals surface area contributed by atoms with Crippen molar-refractivity contribution in [2.45, 2.75) is 12.8 Å². The molecule has 2 aliphatic rings. The maximum absolute atomic E-state index is 12.2. The summed E-state index contributed by atoms with van der Waals surface area (Å²) in [5.41, 5.74) is 0. The highest BCUT2D eigenvalue weighted by molar-refractivity contribution is 7.87. The van der Waals surface area contributed by atoms with E-state index in [0.717, 1.165) is 39.0 Å². The smallest absolute Gasteiger partial charge is 0.279 e. The van der Waals surface area contributed by atoms with Crippen LogP contribution in [0, 0.1) is 5.92 Å². The van der Waals surface area contributed by atoms with E-state index in [9.17, 15) is 8.42 Å². The number of rotatable bonds is 4. The molecule has 0 aromatic carbocycles. The van der Waals surface area contributed by atoms with Crippen molar-refractivity contribution >= 4 is 10.2 Å². The van der Waals surface area contributed by atoms with Crippen LogP contribution in [0.15, 0.2) is 0 Å². The molecular formula is C12H26N4O2S. The molecule has 0 spiro atoms. The SMILES string of the molecule is CN1CCC(CNS(=O)(=O)N2CCN(C)CC2)CC1. The number of hydrogen-bond acceptors (Lipinski definition) is 4. The first-order chi connectivity index (χ1) is 8.97. The molecule has 2 fully saturated rings. The molecule has 0 aliphatic carbocycles. The van der Waals surface area contributed by atoms with Gasteiger partial charge in [-0.25, -0.2) is 4.72 Å². The minimum Gasteiger partial charge on any atom is -0.306 e. The minimum atomic E-state index is -3.28. The Bertz CT molecular complexity index is 371. The van der Waals surface area contributed by atoms with Crippen LogP contribution in [0.2, 0.25) is 0 Å². The van der Waals surface area contributed by atoms with Gasteiger partial charge < -0.3 is 9.80 Å². The predicted molar refractivity (Wildman–Crippen MR) is 76.2 cm³/mol. The van der Waals surface area contributed by atoms with Crippen molar-refractivity contribution in [1.82, 2.24) is 18.8 Å². The van der Waals surface area contributed by atoms with Crippen molar-refractivity contribution < 1.29 is 8.42 Å². The van der Waals surface area contributed by atoms with Crippen LogP contribution in [0.5, 0.6) is 0 Å². The summed E-state index contributed by atoms with van der Waals surface area (Å²) < 4.78 is 28.7. The lowest BCUT2D eigenvalue weighted by molar-refractivity contribution is 0.212. The van der Waals surface area contributed by atoms with Gasteiger partial charge in [-0.3, -0.25) is 0 Å². The van der Waals surface area contributed by atoms with Gasteiger partial charge in [-0.2, -0.15) is 12.7 Å². The van der Waals surface area contributed by atoms with Crippen LogP contribution in [0.1, 0.15) is 12.8 Å². The molecule has 0 aromatic heterocycles. The van der Waals surface area contributed by atoms with Gasteiger partial charge in [0, 0.05) is 32.7 Å². The van der Waals surface area contributed by atoms with Crippen LogP contribution in [-0.2, 0) is 10.2 Å². The monoisotopic (exact) mass is 290 g/mol.